The van der Waals surface area contributed by atoms with E-state index >= 15 is 0 Å². The van der Waals surface area contributed by atoms with E-state index in [2.05, 4.69) is 39.0 Å². The van der Waals surface area contributed by atoms with Gasteiger partial charge in [-0.3, -0.25) is 4.98 Å². The van der Waals surface area contributed by atoms with E-state index in [0.717, 1.165) is 68.1 Å². The molecular formula is C21H23N5O. The Morgan fingerprint density at radius 1 is 0.963 bits per heavy atom. The minimum atomic E-state index is 0.771. The number of fused-ring (bicyclic) bond motifs is 1. The number of para-hydroxylation sites is 1. The number of rotatable bonds is 3. The van der Waals surface area contributed by atoms with Gasteiger partial charge in [-0.1, -0.05) is 24.3 Å². The van der Waals surface area contributed by atoms with Crippen LogP contribution in [0, 0.1) is 6.92 Å². The van der Waals surface area contributed by atoms with Gasteiger partial charge in [-0.15, -0.1) is 0 Å². The molecule has 27 heavy (non-hydrogen) atoms. The molecule has 6 nitrogen and oxygen atoms in total. The Balaban J connectivity index is 1.70. The first kappa shape index (κ1) is 16.3. The molecule has 3 aromatic rings. The first-order valence-corrected chi connectivity index (χ1v) is 9.52. The summed E-state index contributed by atoms with van der Waals surface area (Å²) in [5.74, 6) is 0.931. The van der Waals surface area contributed by atoms with Crippen LogP contribution in [-0.4, -0.2) is 47.4 Å². The summed E-state index contributed by atoms with van der Waals surface area (Å²) in [6.45, 7) is 7.21. The molecule has 0 saturated carbocycles. The third kappa shape index (κ3) is 2.86. The Morgan fingerprint density at radius 2 is 1.81 bits per heavy atom. The van der Waals surface area contributed by atoms with E-state index in [1.807, 2.05) is 25.1 Å². The SMILES string of the molecule is Cc1cccc(-c2nc3n(c2-c2ccccc2N2CCOCC2)CCN3)n1. The molecule has 0 atom stereocenters. The van der Waals surface area contributed by atoms with Crippen molar-refractivity contribution in [3.63, 3.8) is 0 Å². The molecule has 1 saturated heterocycles. The summed E-state index contributed by atoms with van der Waals surface area (Å²) in [5.41, 5.74) is 6.47. The fourth-order valence-electron chi connectivity index (χ4n) is 3.97. The zero-order valence-electron chi connectivity index (χ0n) is 15.5. The van der Waals surface area contributed by atoms with Crippen LogP contribution in [-0.2, 0) is 11.3 Å². The second-order valence-electron chi connectivity index (χ2n) is 6.99. The van der Waals surface area contributed by atoms with Gasteiger partial charge in [0.05, 0.1) is 24.6 Å². The number of pyridine rings is 1. The molecule has 6 heteroatoms. The molecule has 2 aliphatic rings. The van der Waals surface area contributed by atoms with Crippen LogP contribution < -0.4 is 10.2 Å². The zero-order chi connectivity index (χ0) is 18.2. The van der Waals surface area contributed by atoms with Crippen molar-refractivity contribution >= 4 is 11.6 Å². The van der Waals surface area contributed by atoms with Crippen molar-refractivity contribution < 1.29 is 4.74 Å². The highest BCUT2D eigenvalue weighted by Gasteiger charge is 2.26. The highest BCUT2D eigenvalue weighted by atomic mass is 16.5. The molecular weight excluding hydrogens is 338 g/mol. The number of anilines is 2. The molecule has 0 bridgehead atoms. The summed E-state index contributed by atoms with van der Waals surface area (Å²) < 4.78 is 7.84. The van der Waals surface area contributed by atoms with Gasteiger partial charge in [0.25, 0.3) is 0 Å². The van der Waals surface area contributed by atoms with Gasteiger partial charge in [0.2, 0.25) is 5.95 Å². The molecule has 1 N–H and O–H groups in total. The van der Waals surface area contributed by atoms with Crippen LogP contribution in [0.15, 0.2) is 42.5 Å². The average molecular weight is 361 g/mol. The summed E-state index contributed by atoms with van der Waals surface area (Å²) in [6, 6.07) is 14.7. The molecule has 0 aliphatic carbocycles. The van der Waals surface area contributed by atoms with Crippen LogP contribution >= 0.6 is 0 Å². The number of ether oxygens (including phenoxy) is 1. The molecule has 0 amide bonds. The highest BCUT2D eigenvalue weighted by molar-refractivity contribution is 5.87. The van der Waals surface area contributed by atoms with E-state index in [9.17, 15) is 0 Å². The second-order valence-corrected chi connectivity index (χ2v) is 6.99. The van der Waals surface area contributed by atoms with Crippen LogP contribution in [0.3, 0.4) is 0 Å². The van der Waals surface area contributed by atoms with Crippen LogP contribution in [0.1, 0.15) is 5.69 Å². The van der Waals surface area contributed by atoms with E-state index in [4.69, 9.17) is 14.7 Å². The van der Waals surface area contributed by atoms with Gasteiger partial charge >= 0.3 is 0 Å². The average Bonchev–Trinajstić information content (AvgIpc) is 3.30. The number of imidazole rings is 1. The monoisotopic (exact) mass is 361 g/mol. The Bertz CT molecular complexity index is 974. The lowest BCUT2D eigenvalue weighted by atomic mass is 10.0. The maximum atomic E-state index is 5.55. The van der Waals surface area contributed by atoms with Crippen LogP contribution in [0.5, 0.6) is 0 Å². The lowest BCUT2D eigenvalue weighted by Crippen LogP contribution is -2.36. The van der Waals surface area contributed by atoms with Crippen molar-refractivity contribution in [1.82, 2.24) is 14.5 Å². The summed E-state index contributed by atoms with van der Waals surface area (Å²) in [4.78, 5) is 12.1. The Kier molecular flexibility index (Phi) is 4.05. The smallest absolute Gasteiger partial charge is 0.204 e. The Morgan fingerprint density at radius 3 is 2.67 bits per heavy atom. The maximum absolute atomic E-state index is 5.55. The van der Waals surface area contributed by atoms with Crippen LogP contribution in [0.4, 0.5) is 11.6 Å². The van der Waals surface area contributed by atoms with Gasteiger partial charge in [0.15, 0.2) is 0 Å². The fraction of sp³-hybridized carbons (Fsp3) is 0.333. The summed E-state index contributed by atoms with van der Waals surface area (Å²) >= 11 is 0. The third-order valence-corrected chi connectivity index (χ3v) is 5.23. The maximum Gasteiger partial charge on any atom is 0.204 e. The third-order valence-electron chi connectivity index (χ3n) is 5.23. The van der Waals surface area contributed by atoms with Crippen molar-refractivity contribution in [3.8, 4) is 22.6 Å². The van der Waals surface area contributed by atoms with E-state index in [0.29, 0.717) is 0 Å². The number of hydrogen-bond acceptors (Lipinski definition) is 5. The zero-order valence-corrected chi connectivity index (χ0v) is 15.5. The molecule has 2 aliphatic heterocycles. The number of morpholine rings is 1. The first-order valence-electron chi connectivity index (χ1n) is 9.52. The fourth-order valence-corrected chi connectivity index (χ4v) is 3.97. The second kappa shape index (κ2) is 6.70. The van der Waals surface area contributed by atoms with Gasteiger partial charge in [0.1, 0.15) is 5.69 Å². The molecule has 138 valence electrons. The normalized spacial score (nSPS) is 16.3. The predicted octanol–water partition coefficient (Wildman–Crippen LogP) is 3.18. The Hall–Kier alpha value is -2.86. The molecule has 5 rings (SSSR count). The van der Waals surface area contributed by atoms with E-state index in [1.165, 1.54) is 11.3 Å². The van der Waals surface area contributed by atoms with Gasteiger partial charge in [-0.05, 0) is 25.1 Å². The summed E-state index contributed by atoms with van der Waals surface area (Å²) in [5, 5.41) is 3.40. The molecule has 0 spiro atoms. The van der Waals surface area contributed by atoms with Crippen LogP contribution in [0.2, 0.25) is 0 Å². The Labute approximate surface area is 158 Å². The van der Waals surface area contributed by atoms with Gasteiger partial charge in [-0.2, -0.15) is 0 Å². The first-order chi connectivity index (χ1) is 13.3. The van der Waals surface area contributed by atoms with Crippen molar-refractivity contribution in [2.75, 3.05) is 43.1 Å². The van der Waals surface area contributed by atoms with Crippen molar-refractivity contribution in [1.29, 1.82) is 0 Å². The molecule has 1 aromatic carbocycles. The summed E-state index contributed by atoms with van der Waals surface area (Å²) in [6.07, 6.45) is 0. The lowest BCUT2D eigenvalue weighted by Gasteiger charge is -2.30. The van der Waals surface area contributed by atoms with E-state index < -0.39 is 0 Å². The predicted molar refractivity (Wildman–Crippen MR) is 107 cm³/mol. The largest absolute Gasteiger partial charge is 0.378 e. The minimum Gasteiger partial charge on any atom is -0.378 e. The molecule has 0 unspecified atom stereocenters. The van der Waals surface area contributed by atoms with E-state index in [1.54, 1.807) is 0 Å². The van der Waals surface area contributed by atoms with Gasteiger partial charge in [0, 0.05) is 43.1 Å². The van der Waals surface area contributed by atoms with Gasteiger partial charge in [-0.25, -0.2) is 4.98 Å². The molecule has 1 fully saturated rings. The van der Waals surface area contributed by atoms with Crippen molar-refractivity contribution in [2.45, 2.75) is 13.5 Å². The number of nitrogens with one attached hydrogen (secondary N) is 1. The van der Waals surface area contributed by atoms with Gasteiger partial charge < -0.3 is 19.5 Å². The number of nitrogens with zero attached hydrogens (tertiary/aromatic N) is 4. The number of benzene rings is 1. The molecule has 2 aromatic heterocycles. The lowest BCUT2D eigenvalue weighted by molar-refractivity contribution is 0.123. The standard InChI is InChI=1S/C21H23N5O/c1-15-5-4-7-17(23-15)19-20(26-10-9-22-21(26)24-19)16-6-2-3-8-18(16)25-11-13-27-14-12-25/h2-8H,9-14H2,1H3,(H,22,24). The molecule has 0 radical (unpaired) electrons. The molecule has 4 heterocycles. The summed E-state index contributed by atoms with van der Waals surface area (Å²) in [7, 11) is 0. The highest BCUT2D eigenvalue weighted by Crippen LogP contribution is 2.40. The van der Waals surface area contributed by atoms with Crippen LogP contribution in [0.25, 0.3) is 22.6 Å². The minimum absolute atomic E-state index is 0.771. The number of aromatic nitrogens is 3. The van der Waals surface area contributed by atoms with Crippen molar-refractivity contribution in [3.05, 3.63) is 48.2 Å². The number of hydrogen-bond donors (Lipinski definition) is 1. The quantitative estimate of drug-likeness (QED) is 0.776. The number of aryl methyl sites for hydroxylation is 1. The van der Waals surface area contributed by atoms with Crippen molar-refractivity contribution in [2.24, 2.45) is 0 Å². The topological polar surface area (TPSA) is 55.2 Å². The van der Waals surface area contributed by atoms with E-state index in [-0.39, 0.29) is 0 Å².